The normalized spacial score (nSPS) is 21.9. The first-order valence-corrected chi connectivity index (χ1v) is 11.1. The molecule has 0 spiro atoms. The highest BCUT2D eigenvalue weighted by molar-refractivity contribution is 5.83. The molecule has 0 bridgehead atoms. The van der Waals surface area contributed by atoms with E-state index in [4.69, 9.17) is 4.74 Å². The molecule has 0 radical (unpaired) electrons. The number of halogens is 2. The molecular weight excluding hydrogens is 412 g/mol. The Hall–Kier alpha value is -2.71. The maximum atomic E-state index is 14.3. The van der Waals surface area contributed by atoms with Gasteiger partial charge in [-0.1, -0.05) is 12.1 Å². The van der Waals surface area contributed by atoms with Crippen LogP contribution in [0.25, 0.3) is 10.9 Å². The smallest absolute Gasteiger partial charge is 0.257 e. The summed E-state index contributed by atoms with van der Waals surface area (Å²) in [5.74, 6) is -2.11. The second kappa shape index (κ2) is 8.01. The Morgan fingerprint density at radius 3 is 2.69 bits per heavy atom. The molecule has 32 heavy (non-hydrogen) atoms. The van der Waals surface area contributed by atoms with Crippen LogP contribution in [0.3, 0.4) is 0 Å². The molecule has 0 unspecified atom stereocenters. The maximum Gasteiger partial charge on any atom is 0.257 e. The lowest BCUT2D eigenvalue weighted by Gasteiger charge is -2.43. The van der Waals surface area contributed by atoms with Crippen LogP contribution < -0.4 is 15.4 Å². The number of benzene rings is 2. The van der Waals surface area contributed by atoms with Crippen molar-refractivity contribution in [3.05, 3.63) is 53.2 Å². The second-order valence-electron chi connectivity index (χ2n) is 9.12. The monoisotopic (exact) mass is 441 g/mol. The summed E-state index contributed by atoms with van der Waals surface area (Å²) in [6.07, 6.45) is 2.52. The van der Waals surface area contributed by atoms with Gasteiger partial charge < -0.3 is 15.4 Å². The highest BCUT2D eigenvalue weighted by Gasteiger charge is 2.40. The summed E-state index contributed by atoms with van der Waals surface area (Å²) in [6.45, 7) is 4.54. The number of ether oxygens (including phenoxy) is 1. The number of nitrogens with one attached hydrogen (secondary N) is 3. The Kier molecular flexibility index (Phi) is 5.29. The van der Waals surface area contributed by atoms with Crippen molar-refractivity contribution in [2.45, 2.75) is 44.3 Å². The van der Waals surface area contributed by atoms with Crippen molar-refractivity contribution >= 4 is 16.6 Å². The minimum atomic E-state index is -2.81. The van der Waals surface area contributed by atoms with E-state index in [2.05, 4.69) is 20.8 Å². The Morgan fingerprint density at radius 2 is 2.00 bits per heavy atom. The number of alkyl halides is 2. The number of H-pyrrole nitrogens is 1. The van der Waals surface area contributed by atoms with Gasteiger partial charge in [0.15, 0.2) is 0 Å². The van der Waals surface area contributed by atoms with Crippen LogP contribution in [0.2, 0.25) is 0 Å². The average molecular weight is 442 g/mol. The number of aromatic nitrogens is 2. The van der Waals surface area contributed by atoms with Crippen molar-refractivity contribution in [2.24, 2.45) is 0 Å². The van der Waals surface area contributed by atoms with Gasteiger partial charge in [-0.15, -0.1) is 0 Å². The molecule has 0 amide bonds. The molecule has 8 heteroatoms. The molecule has 5 rings (SSSR count). The molecule has 3 N–H and O–H groups in total. The molecule has 2 aliphatic rings. The van der Waals surface area contributed by atoms with Crippen molar-refractivity contribution in [1.29, 1.82) is 0 Å². The largest absolute Gasteiger partial charge is 0.496 e. The van der Waals surface area contributed by atoms with Gasteiger partial charge in [0.25, 0.3) is 5.92 Å². The van der Waals surface area contributed by atoms with Crippen molar-refractivity contribution in [2.75, 3.05) is 32.1 Å². The first kappa shape index (κ1) is 21.2. The zero-order valence-corrected chi connectivity index (χ0v) is 18.6. The highest BCUT2D eigenvalue weighted by atomic mass is 19.3. The van der Waals surface area contributed by atoms with Gasteiger partial charge in [-0.3, -0.25) is 10.00 Å². The summed E-state index contributed by atoms with van der Waals surface area (Å²) in [5, 5.41) is 15.0. The maximum absolute atomic E-state index is 14.3. The van der Waals surface area contributed by atoms with Gasteiger partial charge in [0.1, 0.15) is 5.75 Å². The summed E-state index contributed by atoms with van der Waals surface area (Å²) >= 11 is 0. The number of methoxy groups -OCH3 is 1. The van der Waals surface area contributed by atoms with E-state index in [0.717, 1.165) is 53.3 Å². The zero-order valence-electron chi connectivity index (χ0n) is 18.6. The number of aromatic amines is 1. The van der Waals surface area contributed by atoms with Crippen LogP contribution in [0.1, 0.15) is 36.6 Å². The molecule has 170 valence electrons. The van der Waals surface area contributed by atoms with Crippen LogP contribution in [-0.2, 0) is 6.42 Å². The van der Waals surface area contributed by atoms with Crippen LogP contribution in [0, 0.1) is 0 Å². The minimum Gasteiger partial charge on any atom is -0.496 e. The molecule has 1 saturated heterocycles. The van der Waals surface area contributed by atoms with E-state index >= 15 is 0 Å². The summed E-state index contributed by atoms with van der Waals surface area (Å²) in [7, 11) is 1.64. The van der Waals surface area contributed by atoms with Crippen LogP contribution in [0.15, 0.2) is 36.5 Å². The molecule has 0 saturated carbocycles. The van der Waals surface area contributed by atoms with Crippen molar-refractivity contribution in [3.8, 4) is 5.75 Å². The molecule has 3 aromatic rings. The Labute approximate surface area is 186 Å². The molecule has 1 aromatic heterocycles. The Bertz CT molecular complexity index is 1120. The highest BCUT2D eigenvalue weighted by Crippen LogP contribution is 2.44. The molecule has 1 fully saturated rings. The lowest BCUT2D eigenvalue weighted by molar-refractivity contribution is -0.0364. The van der Waals surface area contributed by atoms with E-state index in [1.54, 1.807) is 7.11 Å². The van der Waals surface area contributed by atoms with E-state index in [-0.39, 0.29) is 18.6 Å². The third kappa shape index (κ3) is 3.82. The third-order valence-electron chi connectivity index (χ3n) is 6.60. The van der Waals surface area contributed by atoms with Gasteiger partial charge >= 0.3 is 0 Å². The van der Waals surface area contributed by atoms with Crippen molar-refractivity contribution < 1.29 is 13.5 Å². The first-order valence-electron chi connectivity index (χ1n) is 11.1. The van der Waals surface area contributed by atoms with E-state index in [1.165, 1.54) is 0 Å². The van der Waals surface area contributed by atoms with Crippen molar-refractivity contribution in [1.82, 2.24) is 20.4 Å². The molecular formula is C24H29F2N5O. The Balaban J connectivity index is 1.62. The molecule has 2 atom stereocenters. The Morgan fingerprint density at radius 1 is 1.22 bits per heavy atom. The zero-order chi connectivity index (χ0) is 22.5. The number of anilines is 1. The minimum absolute atomic E-state index is 0.0672. The summed E-state index contributed by atoms with van der Waals surface area (Å²) < 4.78 is 34.3. The summed E-state index contributed by atoms with van der Waals surface area (Å²) in [5.41, 5.74) is 5.02. The van der Waals surface area contributed by atoms with Gasteiger partial charge in [0.2, 0.25) is 0 Å². The number of rotatable bonds is 6. The summed E-state index contributed by atoms with van der Waals surface area (Å²) in [6, 6.07) is 10.0. The van der Waals surface area contributed by atoms with Gasteiger partial charge in [0.05, 0.1) is 37.5 Å². The third-order valence-corrected chi connectivity index (χ3v) is 6.60. The van der Waals surface area contributed by atoms with Gasteiger partial charge in [-0.2, -0.15) is 5.10 Å². The van der Waals surface area contributed by atoms with E-state index in [1.807, 2.05) is 48.4 Å². The molecule has 3 heterocycles. The fourth-order valence-electron chi connectivity index (χ4n) is 4.99. The van der Waals surface area contributed by atoms with E-state index in [9.17, 15) is 8.78 Å². The quantitative estimate of drug-likeness (QED) is 0.541. The standard InChI is InChI=1S/C24H29F2N5O/c1-14-8-19-17(6-7-21-20(19)12-28-30-21)23(31(14)13-24(2,25)26)18-5-4-15(9-22(18)32-3)29-16-10-27-11-16/h4-7,9,12,14,16,23,27,29H,8,10-11,13H2,1-3H3,(H,28,30)/t14-,23+/m1/s1. The van der Waals surface area contributed by atoms with Crippen LogP contribution in [-0.4, -0.2) is 59.8 Å². The predicted molar refractivity (Wildman–Crippen MR) is 122 cm³/mol. The van der Waals surface area contributed by atoms with Crippen LogP contribution in [0.4, 0.5) is 14.5 Å². The molecule has 2 aliphatic heterocycles. The topological polar surface area (TPSA) is 65.2 Å². The molecule has 6 nitrogen and oxygen atoms in total. The lowest BCUT2D eigenvalue weighted by Crippen LogP contribution is -2.51. The van der Waals surface area contributed by atoms with Gasteiger partial charge in [-0.05, 0) is 36.6 Å². The van der Waals surface area contributed by atoms with E-state index < -0.39 is 5.92 Å². The number of hydrogen-bond donors (Lipinski definition) is 3. The number of nitrogens with zero attached hydrogens (tertiary/aromatic N) is 2. The van der Waals surface area contributed by atoms with Crippen LogP contribution >= 0.6 is 0 Å². The van der Waals surface area contributed by atoms with Crippen LogP contribution in [0.5, 0.6) is 5.75 Å². The summed E-state index contributed by atoms with van der Waals surface area (Å²) in [4.78, 5) is 1.91. The fourth-order valence-corrected chi connectivity index (χ4v) is 4.99. The van der Waals surface area contributed by atoms with Crippen molar-refractivity contribution in [3.63, 3.8) is 0 Å². The second-order valence-corrected chi connectivity index (χ2v) is 9.12. The predicted octanol–water partition coefficient (Wildman–Crippen LogP) is 3.95. The SMILES string of the molecule is COc1cc(NC2CNC2)ccc1[C@@H]1c2ccc3[nH]ncc3c2C[C@@H](C)N1CC(C)(F)F. The molecule has 0 aliphatic carbocycles. The number of fused-ring (bicyclic) bond motifs is 3. The van der Waals surface area contributed by atoms with Gasteiger partial charge in [-0.25, -0.2) is 8.78 Å². The first-order chi connectivity index (χ1) is 15.3. The van der Waals surface area contributed by atoms with E-state index in [0.29, 0.717) is 18.2 Å². The molecule has 2 aromatic carbocycles. The number of hydrogen-bond acceptors (Lipinski definition) is 5. The lowest BCUT2D eigenvalue weighted by atomic mass is 9.83. The van der Waals surface area contributed by atoms with Gasteiger partial charge in [0, 0.05) is 48.8 Å². The fraction of sp³-hybridized carbons (Fsp3) is 0.458. The average Bonchev–Trinajstić information content (AvgIpc) is 3.20.